The molecule has 17 heavy (non-hydrogen) atoms. The average molecular weight is 256 g/mol. The maximum Gasteiger partial charge on any atom is 0.224 e. The molecule has 0 radical (unpaired) electrons. The second-order valence-corrected chi connectivity index (χ2v) is 4.84. The third-order valence-corrected chi connectivity index (χ3v) is 2.88. The minimum Gasteiger partial charge on any atom is -0.394 e. The van der Waals surface area contributed by atoms with Crippen molar-refractivity contribution < 1.29 is 9.90 Å². The van der Waals surface area contributed by atoms with E-state index in [9.17, 15) is 4.79 Å². The summed E-state index contributed by atoms with van der Waals surface area (Å²) in [6.07, 6.45) is 0.306. The zero-order chi connectivity index (χ0) is 12.8. The van der Waals surface area contributed by atoms with E-state index >= 15 is 0 Å². The van der Waals surface area contributed by atoms with E-state index in [1.165, 1.54) is 0 Å². The molecule has 3 nitrogen and oxygen atoms in total. The third-order valence-electron chi connectivity index (χ3n) is 2.63. The van der Waals surface area contributed by atoms with Crippen molar-refractivity contribution >= 4 is 17.5 Å². The molecule has 94 valence electrons. The van der Waals surface area contributed by atoms with Gasteiger partial charge in [0.05, 0.1) is 19.1 Å². The Morgan fingerprint density at radius 3 is 2.41 bits per heavy atom. The zero-order valence-electron chi connectivity index (χ0n) is 10.1. The molecule has 4 heteroatoms. The monoisotopic (exact) mass is 255 g/mol. The van der Waals surface area contributed by atoms with Gasteiger partial charge in [0.1, 0.15) is 0 Å². The molecule has 0 spiro atoms. The standard InChI is InChI=1S/C13H18ClNO2/c1-9(2)12(8-16)15-13(17)7-10-3-5-11(14)6-4-10/h3-6,9,12,16H,7-8H2,1-2H3,(H,15,17)/t12-/m1/s1. The lowest BCUT2D eigenvalue weighted by Crippen LogP contribution is -2.41. The van der Waals surface area contributed by atoms with Crippen molar-refractivity contribution in [3.05, 3.63) is 34.9 Å². The minimum atomic E-state index is -0.185. The molecule has 0 saturated carbocycles. The van der Waals surface area contributed by atoms with Crippen molar-refractivity contribution in [2.24, 2.45) is 5.92 Å². The second kappa shape index (κ2) is 6.62. The molecule has 0 fully saturated rings. The summed E-state index contributed by atoms with van der Waals surface area (Å²) in [5, 5.41) is 12.6. The van der Waals surface area contributed by atoms with Gasteiger partial charge in [-0.25, -0.2) is 0 Å². The summed E-state index contributed by atoms with van der Waals surface area (Å²) < 4.78 is 0. The molecule has 1 aromatic carbocycles. The normalized spacial score (nSPS) is 12.5. The predicted molar refractivity (Wildman–Crippen MR) is 69.0 cm³/mol. The molecule has 1 amide bonds. The topological polar surface area (TPSA) is 49.3 Å². The summed E-state index contributed by atoms with van der Waals surface area (Å²) in [6.45, 7) is 3.89. The van der Waals surface area contributed by atoms with Crippen LogP contribution in [-0.2, 0) is 11.2 Å². The maximum absolute atomic E-state index is 11.7. The smallest absolute Gasteiger partial charge is 0.224 e. The van der Waals surface area contributed by atoms with Gasteiger partial charge in [0.25, 0.3) is 0 Å². The molecular formula is C13H18ClNO2. The maximum atomic E-state index is 11.7. The van der Waals surface area contributed by atoms with Gasteiger partial charge in [-0.1, -0.05) is 37.6 Å². The van der Waals surface area contributed by atoms with E-state index in [-0.39, 0.29) is 24.5 Å². The molecule has 1 rings (SSSR count). The third kappa shape index (κ3) is 4.75. The van der Waals surface area contributed by atoms with Crippen LogP contribution in [0.25, 0.3) is 0 Å². The number of hydrogen-bond acceptors (Lipinski definition) is 2. The second-order valence-electron chi connectivity index (χ2n) is 4.40. The van der Waals surface area contributed by atoms with Gasteiger partial charge in [-0.05, 0) is 23.6 Å². The van der Waals surface area contributed by atoms with E-state index in [0.717, 1.165) is 5.56 Å². The van der Waals surface area contributed by atoms with Crippen molar-refractivity contribution in [1.82, 2.24) is 5.32 Å². The Balaban J connectivity index is 2.52. The molecule has 0 aliphatic carbocycles. The quantitative estimate of drug-likeness (QED) is 0.846. The number of rotatable bonds is 5. The Hall–Kier alpha value is -1.06. The fraction of sp³-hybridized carbons (Fsp3) is 0.462. The summed E-state index contributed by atoms with van der Waals surface area (Å²) in [5.41, 5.74) is 0.910. The molecule has 2 N–H and O–H groups in total. The highest BCUT2D eigenvalue weighted by Gasteiger charge is 2.14. The van der Waals surface area contributed by atoms with Crippen molar-refractivity contribution in [2.75, 3.05) is 6.61 Å². The van der Waals surface area contributed by atoms with E-state index in [1.54, 1.807) is 12.1 Å². The van der Waals surface area contributed by atoms with Gasteiger partial charge in [-0.15, -0.1) is 0 Å². The average Bonchev–Trinajstić information content (AvgIpc) is 2.28. The summed E-state index contributed by atoms with van der Waals surface area (Å²) in [5.74, 6) is 0.134. The van der Waals surface area contributed by atoms with Crippen LogP contribution >= 0.6 is 11.6 Å². The van der Waals surface area contributed by atoms with Gasteiger partial charge in [-0.2, -0.15) is 0 Å². The lowest BCUT2D eigenvalue weighted by Gasteiger charge is -2.19. The molecule has 0 aromatic heterocycles. The molecule has 1 atom stereocenters. The highest BCUT2D eigenvalue weighted by Crippen LogP contribution is 2.10. The number of benzene rings is 1. The first-order valence-corrected chi connectivity index (χ1v) is 6.05. The van der Waals surface area contributed by atoms with Gasteiger partial charge >= 0.3 is 0 Å². The van der Waals surface area contributed by atoms with Gasteiger partial charge in [0.2, 0.25) is 5.91 Å². The number of nitrogens with one attached hydrogen (secondary N) is 1. The van der Waals surface area contributed by atoms with E-state index in [2.05, 4.69) is 5.32 Å². The van der Waals surface area contributed by atoms with E-state index in [0.29, 0.717) is 11.4 Å². The molecule has 0 unspecified atom stereocenters. The lowest BCUT2D eigenvalue weighted by atomic mass is 10.0. The lowest BCUT2D eigenvalue weighted by molar-refractivity contribution is -0.121. The first-order valence-electron chi connectivity index (χ1n) is 5.67. The van der Waals surface area contributed by atoms with Crippen LogP contribution in [0.2, 0.25) is 5.02 Å². The largest absolute Gasteiger partial charge is 0.394 e. The fourth-order valence-corrected chi connectivity index (χ4v) is 1.59. The molecule has 0 heterocycles. The number of aliphatic hydroxyl groups is 1. The molecule has 0 saturated heterocycles. The molecule has 0 aliphatic heterocycles. The van der Waals surface area contributed by atoms with Crippen molar-refractivity contribution in [3.63, 3.8) is 0 Å². The molecule has 0 bridgehead atoms. The summed E-state index contributed by atoms with van der Waals surface area (Å²) >= 11 is 5.76. The highest BCUT2D eigenvalue weighted by atomic mass is 35.5. The van der Waals surface area contributed by atoms with Crippen LogP contribution in [0.4, 0.5) is 0 Å². The summed E-state index contributed by atoms with van der Waals surface area (Å²) in [4.78, 5) is 11.7. The Morgan fingerprint density at radius 2 is 1.94 bits per heavy atom. The number of carbonyl (C=O) groups excluding carboxylic acids is 1. The number of amides is 1. The summed E-state index contributed by atoms with van der Waals surface area (Å²) in [6, 6.07) is 6.98. The minimum absolute atomic E-state index is 0.0377. The zero-order valence-corrected chi connectivity index (χ0v) is 10.9. The van der Waals surface area contributed by atoms with E-state index in [4.69, 9.17) is 16.7 Å². The number of hydrogen-bond donors (Lipinski definition) is 2. The van der Waals surface area contributed by atoms with Crippen LogP contribution in [0.15, 0.2) is 24.3 Å². The molecule has 0 aliphatic rings. The molecule has 1 aromatic rings. The van der Waals surface area contributed by atoms with Gasteiger partial charge in [0, 0.05) is 5.02 Å². The van der Waals surface area contributed by atoms with Crippen molar-refractivity contribution in [2.45, 2.75) is 26.3 Å². The van der Waals surface area contributed by atoms with Crippen LogP contribution in [0, 0.1) is 5.92 Å². The SMILES string of the molecule is CC(C)[C@@H](CO)NC(=O)Cc1ccc(Cl)cc1. The Morgan fingerprint density at radius 1 is 1.35 bits per heavy atom. The van der Waals surface area contributed by atoms with Crippen molar-refractivity contribution in [3.8, 4) is 0 Å². The first kappa shape index (κ1) is 14.0. The van der Waals surface area contributed by atoms with Crippen molar-refractivity contribution in [1.29, 1.82) is 0 Å². The van der Waals surface area contributed by atoms with Gasteiger partial charge in [-0.3, -0.25) is 4.79 Å². The predicted octanol–water partition coefficient (Wildman–Crippen LogP) is 2.02. The summed E-state index contributed by atoms with van der Waals surface area (Å²) in [7, 11) is 0. The van der Waals surface area contributed by atoms with Crippen LogP contribution in [-0.4, -0.2) is 23.7 Å². The van der Waals surface area contributed by atoms with Crippen LogP contribution in [0.1, 0.15) is 19.4 Å². The van der Waals surface area contributed by atoms with E-state index < -0.39 is 0 Å². The van der Waals surface area contributed by atoms with Gasteiger partial charge < -0.3 is 10.4 Å². The van der Waals surface area contributed by atoms with Crippen LogP contribution < -0.4 is 5.32 Å². The number of carbonyl (C=O) groups is 1. The Labute approximate surface area is 107 Å². The Bertz CT molecular complexity index is 362. The fourth-order valence-electron chi connectivity index (χ4n) is 1.47. The number of halogens is 1. The van der Waals surface area contributed by atoms with E-state index in [1.807, 2.05) is 26.0 Å². The van der Waals surface area contributed by atoms with Crippen LogP contribution in [0.5, 0.6) is 0 Å². The Kier molecular flexibility index (Phi) is 5.45. The van der Waals surface area contributed by atoms with Gasteiger partial charge in [0.15, 0.2) is 0 Å². The van der Waals surface area contributed by atoms with Crippen LogP contribution in [0.3, 0.4) is 0 Å². The first-order chi connectivity index (χ1) is 8.02. The number of aliphatic hydroxyl groups excluding tert-OH is 1. The highest BCUT2D eigenvalue weighted by molar-refractivity contribution is 6.30. The molecular weight excluding hydrogens is 238 g/mol.